The molecular formula is C13H11F2N3OS. The van der Waals surface area contributed by atoms with Gasteiger partial charge in [0.05, 0.1) is 4.88 Å². The van der Waals surface area contributed by atoms with E-state index < -0.39 is 11.6 Å². The lowest BCUT2D eigenvalue weighted by atomic mass is 9.91. The van der Waals surface area contributed by atoms with E-state index in [2.05, 4.69) is 15.6 Å². The number of halogens is 2. The molecule has 0 radical (unpaired) electrons. The predicted molar refractivity (Wildman–Crippen MR) is 73.1 cm³/mol. The molecule has 3 rings (SSSR count). The van der Waals surface area contributed by atoms with Crippen molar-refractivity contribution in [2.75, 3.05) is 17.7 Å². The van der Waals surface area contributed by atoms with E-state index in [0.717, 1.165) is 17.0 Å². The number of aromatic nitrogens is 1. The number of amides is 1. The zero-order valence-corrected chi connectivity index (χ0v) is 11.4. The van der Waals surface area contributed by atoms with Crippen LogP contribution in [0.2, 0.25) is 0 Å². The van der Waals surface area contributed by atoms with Crippen LogP contribution in [0.15, 0.2) is 18.2 Å². The van der Waals surface area contributed by atoms with Crippen LogP contribution in [0.4, 0.5) is 19.7 Å². The van der Waals surface area contributed by atoms with Crippen LogP contribution in [0.3, 0.4) is 0 Å². The number of nitrogens with one attached hydrogen (secondary N) is 2. The first kappa shape index (κ1) is 13.0. The Labute approximate surface area is 117 Å². The molecule has 0 spiro atoms. The molecule has 7 heteroatoms. The average molecular weight is 295 g/mol. The Morgan fingerprint density at radius 3 is 2.90 bits per heavy atom. The van der Waals surface area contributed by atoms with Gasteiger partial charge < -0.3 is 10.6 Å². The van der Waals surface area contributed by atoms with Crippen molar-refractivity contribution in [1.82, 2.24) is 4.98 Å². The van der Waals surface area contributed by atoms with Gasteiger partial charge in [0.1, 0.15) is 5.82 Å². The summed E-state index contributed by atoms with van der Waals surface area (Å²) >= 11 is 1.40. The standard InChI is InChI=1S/C13H11F2N3OS/c1-16-13-18-12-11(20-13)7(5-10(19)17-12)6-2-3-8(14)9(15)4-6/h2-4,7H,5H2,1H3,(H,16,18)(H,17,19)/t7-/m1/s1. The van der Waals surface area contributed by atoms with E-state index in [1.54, 1.807) is 7.05 Å². The van der Waals surface area contributed by atoms with Crippen LogP contribution in [-0.4, -0.2) is 17.9 Å². The topological polar surface area (TPSA) is 54.0 Å². The lowest BCUT2D eigenvalue weighted by Crippen LogP contribution is -2.22. The minimum absolute atomic E-state index is 0.180. The van der Waals surface area contributed by atoms with E-state index >= 15 is 0 Å². The van der Waals surface area contributed by atoms with Gasteiger partial charge in [0.2, 0.25) is 5.91 Å². The second kappa shape index (κ2) is 4.82. The molecule has 0 unspecified atom stereocenters. The molecule has 1 amide bonds. The van der Waals surface area contributed by atoms with E-state index in [4.69, 9.17) is 0 Å². The van der Waals surface area contributed by atoms with E-state index in [1.807, 2.05) is 0 Å². The highest BCUT2D eigenvalue weighted by Gasteiger charge is 2.30. The molecule has 1 aromatic carbocycles. The van der Waals surface area contributed by atoms with E-state index in [1.165, 1.54) is 17.4 Å². The number of hydrogen-bond acceptors (Lipinski definition) is 4. The Bertz CT molecular complexity index is 686. The zero-order chi connectivity index (χ0) is 14.3. The molecule has 104 valence electrons. The monoisotopic (exact) mass is 295 g/mol. The number of fused-ring (bicyclic) bond motifs is 1. The van der Waals surface area contributed by atoms with Gasteiger partial charge in [-0.15, -0.1) is 0 Å². The van der Waals surface area contributed by atoms with Crippen molar-refractivity contribution >= 4 is 28.2 Å². The largest absolute Gasteiger partial charge is 0.365 e. The molecule has 0 aliphatic carbocycles. The van der Waals surface area contributed by atoms with Crippen molar-refractivity contribution in [2.24, 2.45) is 0 Å². The second-order valence-electron chi connectivity index (χ2n) is 4.46. The molecule has 0 saturated carbocycles. The van der Waals surface area contributed by atoms with E-state index in [-0.39, 0.29) is 18.2 Å². The molecule has 2 aromatic rings. The minimum atomic E-state index is -0.909. The van der Waals surface area contributed by atoms with Crippen LogP contribution in [0, 0.1) is 11.6 Å². The Morgan fingerprint density at radius 2 is 2.20 bits per heavy atom. The molecule has 4 nitrogen and oxygen atoms in total. The van der Waals surface area contributed by atoms with Gasteiger partial charge in [-0.3, -0.25) is 4.79 Å². The Kier molecular flexibility index (Phi) is 3.13. The molecule has 1 aromatic heterocycles. The van der Waals surface area contributed by atoms with Crippen molar-refractivity contribution in [3.05, 3.63) is 40.3 Å². The molecule has 0 bridgehead atoms. The summed E-state index contributed by atoms with van der Waals surface area (Å²) in [6.07, 6.45) is 0.198. The number of thiazole rings is 1. The molecule has 1 atom stereocenters. The van der Waals surface area contributed by atoms with Crippen LogP contribution in [0.5, 0.6) is 0 Å². The summed E-state index contributed by atoms with van der Waals surface area (Å²) in [6, 6.07) is 3.72. The third-order valence-corrected chi connectivity index (χ3v) is 4.36. The summed E-state index contributed by atoms with van der Waals surface area (Å²) in [5.74, 6) is -1.79. The minimum Gasteiger partial charge on any atom is -0.365 e. The van der Waals surface area contributed by atoms with Crippen LogP contribution >= 0.6 is 11.3 Å². The fourth-order valence-electron chi connectivity index (χ4n) is 2.22. The summed E-state index contributed by atoms with van der Waals surface area (Å²) in [5.41, 5.74) is 0.575. The van der Waals surface area contributed by atoms with Gasteiger partial charge in [0.25, 0.3) is 0 Å². The normalized spacial score (nSPS) is 17.6. The highest BCUT2D eigenvalue weighted by atomic mass is 32.1. The highest BCUT2D eigenvalue weighted by Crippen LogP contribution is 2.42. The molecule has 20 heavy (non-hydrogen) atoms. The van der Waals surface area contributed by atoms with Crippen LogP contribution in [-0.2, 0) is 4.79 Å². The highest BCUT2D eigenvalue weighted by molar-refractivity contribution is 7.16. The summed E-state index contributed by atoms with van der Waals surface area (Å²) in [6.45, 7) is 0. The first-order valence-corrected chi connectivity index (χ1v) is 6.83. The fourth-order valence-corrected chi connectivity index (χ4v) is 3.23. The number of carbonyl (C=O) groups is 1. The summed E-state index contributed by atoms with van der Waals surface area (Å²) in [5, 5.41) is 6.28. The lowest BCUT2D eigenvalue weighted by molar-refractivity contribution is -0.116. The van der Waals surface area contributed by atoms with Crippen molar-refractivity contribution in [3.8, 4) is 0 Å². The van der Waals surface area contributed by atoms with Gasteiger partial charge in [-0.05, 0) is 17.7 Å². The zero-order valence-electron chi connectivity index (χ0n) is 10.5. The number of benzene rings is 1. The fraction of sp³-hybridized carbons (Fsp3) is 0.231. The molecule has 2 heterocycles. The lowest BCUT2D eigenvalue weighted by Gasteiger charge is -2.21. The quantitative estimate of drug-likeness (QED) is 0.895. The van der Waals surface area contributed by atoms with Crippen molar-refractivity contribution < 1.29 is 13.6 Å². The Hall–Kier alpha value is -2.02. The van der Waals surface area contributed by atoms with E-state index in [0.29, 0.717) is 16.5 Å². The SMILES string of the molecule is CNc1nc2c(s1)[C@@H](c1ccc(F)c(F)c1)CC(=O)N2. The molecule has 1 aliphatic rings. The third kappa shape index (κ3) is 2.14. The van der Waals surface area contributed by atoms with Gasteiger partial charge >= 0.3 is 0 Å². The van der Waals surface area contributed by atoms with Gasteiger partial charge in [-0.2, -0.15) is 0 Å². The van der Waals surface area contributed by atoms with Crippen molar-refractivity contribution in [3.63, 3.8) is 0 Å². The summed E-state index contributed by atoms with van der Waals surface area (Å²) < 4.78 is 26.4. The van der Waals surface area contributed by atoms with Gasteiger partial charge in [0, 0.05) is 19.4 Å². The molecule has 1 aliphatic heterocycles. The second-order valence-corrected chi connectivity index (χ2v) is 5.49. The Balaban J connectivity index is 2.07. The smallest absolute Gasteiger partial charge is 0.226 e. The summed E-state index contributed by atoms with van der Waals surface area (Å²) in [7, 11) is 1.73. The maximum absolute atomic E-state index is 13.4. The first-order valence-electron chi connectivity index (χ1n) is 6.01. The van der Waals surface area contributed by atoms with E-state index in [9.17, 15) is 13.6 Å². The average Bonchev–Trinajstić information content (AvgIpc) is 2.83. The number of anilines is 2. The first-order chi connectivity index (χ1) is 9.58. The molecular weight excluding hydrogens is 284 g/mol. The number of rotatable bonds is 2. The van der Waals surface area contributed by atoms with Crippen molar-refractivity contribution in [2.45, 2.75) is 12.3 Å². The van der Waals surface area contributed by atoms with Gasteiger partial charge in [0.15, 0.2) is 16.8 Å². The number of nitrogens with zero attached hydrogens (tertiary/aromatic N) is 1. The van der Waals surface area contributed by atoms with Crippen LogP contribution in [0.1, 0.15) is 22.8 Å². The van der Waals surface area contributed by atoms with Crippen LogP contribution < -0.4 is 10.6 Å². The van der Waals surface area contributed by atoms with Gasteiger partial charge in [-0.25, -0.2) is 13.8 Å². The number of hydrogen-bond donors (Lipinski definition) is 2. The van der Waals surface area contributed by atoms with Crippen LogP contribution in [0.25, 0.3) is 0 Å². The van der Waals surface area contributed by atoms with Gasteiger partial charge in [-0.1, -0.05) is 17.4 Å². The van der Waals surface area contributed by atoms with Crippen molar-refractivity contribution in [1.29, 1.82) is 0 Å². The maximum Gasteiger partial charge on any atom is 0.226 e. The predicted octanol–water partition coefficient (Wildman–Crippen LogP) is 2.94. The summed E-state index contributed by atoms with van der Waals surface area (Å²) in [4.78, 5) is 16.8. The number of carbonyl (C=O) groups excluding carboxylic acids is 1. The Morgan fingerprint density at radius 1 is 1.40 bits per heavy atom. The molecule has 0 saturated heterocycles. The molecule has 2 N–H and O–H groups in total. The third-order valence-electron chi connectivity index (χ3n) is 3.18. The molecule has 0 fully saturated rings. The maximum atomic E-state index is 13.4.